The summed E-state index contributed by atoms with van der Waals surface area (Å²) in [5, 5.41) is 11.8. The lowest BCUT2D eigenvalue weighted by Gasteiger charge is -2.34. The number of ketones is 1. The zero-order valence-corrected chi connectivity index (χ0v) is 17.1. The normalized spacial score (nSPS) is 22.6. The second-order valence-corrected chi connectivity index (χ2v) is 8.12. The summed E-state index contributed by atoms with van der Waals surface area (Å²) in [6.07, 6.45) is 4.97. The van der Waals surface area contributed by atoms with Gasteiger partial charge in [-0.3, -0.25) is 9.59 Å². The van der Waals surface area contributed by atoms with E-state index in [4.69, 9.17) is 0 Å². The van der Waals surface area contributed by atoms with Crippen LogP contribution in [-0.4, -0.2) is 23.3 Å². The average Bonchev–Trinajstić information content (AvgIpc) is 3.03. The van der Waals surface area contributed by atoms with E-state index in [9.17, 15) is 14.7 Å². The van der Waals surface area contributed by atoms with Crippen LogP contribution < -0.4 is 4.90 Å². The van der Waals surface area contributed by atoms with Gasteiger partial charge >= 0.3 is 0 Å². The van der Waals surface area contributed by atoms with Crippen LogP contribution in [0, 0.1) is 5.92 Å². The van der Waals surface area contributed by atoms with Gasteiger partial charge in [-0.05, 0) is 30.0 Å². The maximum atomic E-state index is 13.6. The fraction of sp³-hybridized carbons (Fsp3) is 0.185. The maximum absolute atomic E-state index is 13.6. The predicted octanol–water partition coefficient (Wildman–Crippen LogP) is 4.38. The summed E-state index contributed by atoms with van der Waals surface area (Å²) in [5.74, 6) is -1.38. The van der Waals surface area contributed by atoms with E-state index in [-0.39, 0.29) is 5.78 Å². The summed E-state index contributed by atoms with van der Waals surface area (Å²) in [5.41, 5.74) is 1.97. The molecule has 0 spiro atoms. The second-order valence-electron chi connectivity index (χ2n) is 8.12. The third-order valence-corrected chi connectivity index (χ3v) is 6.38. The number of anilines is 1. The Morgan fingerprint density at radius 3 is 2.48 bits per heavy atom. The Morgan fingerprint density at radius 2 is 1.65 bits per heavy atom. The van der Waals surface area contributed by atoms with E-state index in [1.54, 1.807) is 17.0 Å². The minimum atomic E-state index is -1.85. The van der Waals surface area contributed by atoms with Gasteiger partial charge in [0.1, 0.15) is 0 Å². The molecule has 0 aromatic heterocycles. The van der Waals surface area contributed by atoms with Crippen LogP contribution in [0.2, 0.25) is 0 Å². The Hall–Kier alpha value is -3.50. The molecule has 5 rings (SSSR count). The van der Waals surface area contributed by atoms with Crippen molar-refractivity contribution in [3.8, 4) is 0 Å². The minimum Gasteiger partial charge on any atom is -0.375 e. The molecule has 2 atom stereocenters. The first-order valence-electron chi connectivity index (χ1n) is 10.6. The van der Waals surface area contributed by atoms with Gasteiger partial charge in [-0.2, -0.15) is 0 Å². The predicted molar refractivity (Wildman–Crippen MR) is 121 cm³/mol. The van der Waals surface area contributed by atoms with Crippen molar-refractivity contribution in [3.05, 3.63) is 107 Å². The van der Waals surface area contributed by atoms with Crippen molar-refractivity contribution in [3.63, 3.8) is 0 Å². The number of amides is 1. The second kappa shape index (κ2) is 7.64. The molecule has 2 aliphatic rings. The first-order chi connectivity index (χ1) is 15.1. The van der Waals surface area contributed by atoms with Crippen molar-refractivity contribution in [2.75, 3.05) is 11.4 Å². The van der Waals surface area contributed by atoms with Gasteiger partial charge in [0, 0.05) is 17.7 Å². The molecule has 4 nitrogen and oxygen atoms in total. The molecule has 1 N–H and O–H groups in total. The quantitative estimate of drug-likeness (QED) is 0.696. The fourth-order valence-corrected chi connectivity index (χ4v) is 4.83. The summed E-state index contributed by atoms with van der Waals surface area (Å²) in [6.45, 7) is 0.324. The molecule has 1 aliphatic heterocycles. The first-order valence-corrected chi connectivity index (χ1v) is 10.6. The number of nitrogens with zero attached hydrogens (tertiary/aromatic N) is 1. The van der Waals surface area contributed by atoms with Crippen LogP contribution in [0.3, 0.4) is 0 Å². The molecule has 0 saturated carbocycles. The topological polar surface area (TPSA) is 57.6 Å². The van der Waals surface area contributed by atoms with Crippen molar-refractivity contribution in [1.82, 2.24) is 0 Å². The Balaban J connectivity index is 1.49. The van der Waals surface area contributed by atoms with Gasteiger partial charge in [0.2, 0.25) is 0 Å². The first kappa shape index (κ1) is 19.5. The van der Waals surface area contributed by atoms with E-state index < -0.39 is 17.4 Å². The number of hydrogen-bond acceptors (Lipinski definition) is 3. The number of carbonyl (C=O) groups is 2. The molecule has 0 unspecified atom stereocenters. The van der Waals surface area contributed by atoms with E-state index >= 15 is 0 Å². The van der Waals surface area contributed by atoms with E-state index in [2.05, 4.69) is 0 Å². The molecular formula is C27H23NO3. The van der Waals surface area contributed by atoms with Crippen molar-refractivity contribution < 1.29 is 14.7 Å². The lowest BCUT2D eigenvalue weighted by atomic mass is 9.71. The monoisotopic (exact) mass is 409 g/mol. The highest BCUT2D eigenvalue weighted by atomic mass is 16.3. The van der Waals surface area contributed by atoms with Crippen LogP contribution in [0.4, 0.5) is 5.69 Å². The highest BCUT2D eigenvalue weighted by molar-refractivity contribution is 6.12. The molecule has 0 saturated heterocycles. The number of aliphatic hydroxyl groups is 1. The van der Waals surface area contributed by atoms with Gasteiger partial charge in [-0.25, -0.2) is 0 Å². The SMILES string of the molecule is O=C1c2ccccc2CC[C@H]1[C@]1(O)C(=O)N(C/C=C/c2ccccc2)c2ccccc21. The number of benzene rings is 3. The van der Waals surface area contributed by atoms with Crippen LogP contribution in [0.5, 0.6) is 0 Å². The summed E-state index contributed by atoms with van der Waals surface area (Å²) < 4.78 is 0. The molecule has 0 fully saturated rings. The molecule has 31 heavy (non-hydrogen) atoms. The number of Topliss-reactive ketones (excluding diaryl/α,β-unsaturated/α-hetero) is 1. The summed E-state index contributed by atoms with van der Waals surface area (Å²) in [4.78, 5) is 28.5. The van der Waals surface area contributed by atoms with Gasteiger partial charge in [0.25, 0.3) is 5.91 Å². The van der Waals surface area contributed by atoms with Gasteiger partial charge in [-0.15, -0.1) is 0 Å². The van der Waals surface area contributed by atoms with Crippen LogP contribution in [0.25, 0.3) is 6.08 Å². The highest BCUT2D eigenvalue weighted by Gasteiger charge is 2.57. The molecule has 3 aromatic rings. The van der Waals surface area contributed by atoms with E-state index in [1.165, 1.54) is 0 Å². The summed E-state index contributed by atoms with van der Waals surface area (Å²) in [6, 6.07) is 24.6. The third-order valence-electron chi connectivity index (χ3n) is 6.38. The lowest BCUT2D eigenvalue weighted by molar-refractivity contribution is -0.140. The van der Waals surface area contributed by atoms with Crippen molar-refractivity contribution in [2.45, 2.75) is 18.4 Å². The van der Waals surface area contributed by atoms with Gasteiger partial charge in [-0.1, -0.05) is 84.9 Å². The number of aryl methyl sites for hydroxylation is 1. The molecule has 0 bridgehead atoms. The van der Waals surface area contributed by atoms with E-state index in [0.29, 0.717) is 36.2 Å². The van der Waals surface area contributed by atoms with Crippen molar-refractivity contribution in [2.24, 2.45) is 5.92 Å². The fourth-order valence-electron chi connectivity index (χ4n) is 4.83. The Kier molecular flexibility index (Phi) is 4.79. The highest BCUT2D eigenvalue weighted by Crippen LogP contribution is 2.48. The number of carbonyl (C=O) groups excluding carboxylic acids is 2. The molecule has 1 amide bonds. The van der Waals surface area contributed by atoms with Crippen LogP contribution in [0.15, 0.2) is 84.9 Å². The molecule has 0 radical (unpaired) electrons. The summed E-state index contributed by atoms with van der Waals surface area (Å²) >= 11 is 0. The smallest absolute Gasteiger partial charge is 0.264 e. The zero-order valence-electron chi connectivity index (χ0n) is 17.1. The standard InChI is InChI=1S/C27H23NO3/c29-25-21-13-5-4-12-20(21)16-17-23(25)27(31)22-14-6-7-15-24(22)28(26(27)30)18-8-11-19-9-2-1-3-10-19/h1-15,23,31H,16-18H2/b11-8+/t23-,27+/m1/s1. The van der Waals surface area contributed by atoms with Crippen LogP contribution >= 0.6 is 0 Å². The van der Waals surface area contributed by atoms with E-state index in [1.807, 2.05) is 78.9 Å². The molecule has 1 aliphatic carbocycles. The zero-order chi connectivity index (χ0) is 21.4. The van der Waals surface area contributed by atoms with Crippen molar-refractivity contribution >= 4 is 23.5 Å². The Morgan fingerprint density at radius 1 is 0.935 bits per heavy atom. The van der Waals surface area contributed by atoms with E-state index in [0.717, 1.165) is 11.1 Å². The number of hydrogen-bond donors (Lipinski definition) is 1. The maximum Gasteiger partial charge on any atom is 0.264 e. The Labute approximate surface area is 181 Å². The average molecular weight is 409 g/mol. The third kappa shape index (κ3) is 3.11. The summed E-state index contributed by atoms with van der Waals surface area (Å²) in [7, 11) is 0. The molecule has 4 heteroatoms. The van der Waals surface area contributed by atoms with Gasteiger partial charge < -0.3 is 10.0 Å². The van der Waals surface area contributed by atoms with Gasteiger partial charge in [0.15, 0.2) is 11.4 Å². The number of fused-ring (bicyclic) bond motifs is 2. The largest absolute Gasteiger partial charge is 0.375 e. The number of rotatable bonds is 4. The molecule has 3 aromatic carbocycles. The Bertz CT molecular complexity index is 1180. The lowest BCUT2D eigenvalue weighted by Crippen LogP contribution is -2.49. The minimum absolute atomic E-state index is 0.158. The number of para-hydroxylation sites is 1. The molecule has 154 valence electrons. The van der Waals surface area contributed by atoms with Gasteiger partial charge in [0.05, 0.1) is 11.6 Å². The van der Waals surface area contributed by atoms with Crippen molar-refractivity contribution in [1.29, 1.82) is 0 Å². The molecule has 1 heterocycles. The van der Waals surface area contributed by atoms with Crippen LogP contribution in [-0.2, 0) is 16.8 Å². The van der Waals surface area contributed by atoms with Crippen LogP contribution in [0.1, 0.15) is 33.5 Å². The molecular weight excluding hydrogens is 386 g/mol.